The molecular weight excluding hydrogens is 272 g/mol. The number of hydrogen-bond donors (Lipinski definition) is 3. The van der Waals surface area contributed by atoms with Gasteiger partial charge >= 0.3 is 0 Å². The molecule has 3 rings (SSSR count). The van der Waals surface area contributed by atoms with E-state index < -0.39 is 0 Å². The van der Waals surface area contributed by atoms with Crippen LogP contribution in [0.4, 0.5) is 10.8 Å². The maximum Gasteiger partial charge on any atom is 0.258 e. The summed E-state index contributed by atoms with van der Waals surface area (Å²) in [5, 5.41) is 7.20. The predicted octanol–water partition coefficient (Wildman–Crippen LogP) is 2.47. The van der Waals surface area contributed by atoms with Crippen molar-refractivity contribution in [1.29, 1.82) is 0 Å². The van der Waals surface area contributed by atoms with Gasteiger partial charge in [0.05, 0.1) is 0 Å². The molecule has 110 valence electrons. The molecule has 0 bridgehead atoms. The van der Waals surface area contributed by atoms with Crippen LogP contribution in [0, 0.1) is 11.8 Å². The second-order valence-corrected chi connectivity index (χ2v) is 6.84. The summed E-state index contributed by atoms with van der Waals surface area (Å²) in [5.41, 5.74) is 6.38. The SMILES string of the molecule is CC1CCCC1CNc1snc(N)c1C(=O)NC1CC1. The van der Waals surface area contributed by atoms with E-state index in [0.29, 0.717) is 23.3 Å². The maximum atomic E-state index is 12.2. The van der Waals surface area contributed by atoms with Gasteiger partial charge in [0, 0.05) is 12.6 Å². The summed E-state index contributed by atoms with van der Waals surface area (Å²) in [4.78, 5) is 12.2. The maximum absolute atomic E-state index is 12.2. The molecule has 2 fully saturated rings. The van der Waals surface area contributed by atoms with E-state index in [1.165, 1.54) is 30.8 Å². The van der Waals surface area contributed by atoms with Crippen LogP contribution in [-0.2, 0) is 0 Å². The van der Waals surface area contributed by atoms with Crippen LogP contribution in [0.25, 0.3) is 0 Å². The molecule has 2 aliphatic rings. The van der Waals surface area contributed by atoms with Crippen molar-refractivity contribution >= 4 is 28.3 Å². The van der Waals surface area contributed by atoms with Crippen molar-refractivity contribution in [2.24, 2.45) is 11.8 Å². The number of anilines is 2. The average molecular weight is 294 g/mol. The number of nitrogens with two attached hydrogens (primary N) is 1. The predicted molar refractivity (Wildman–Crippen MR) is 82.0 cm³/mol. The molecule has 2 aliphatic carbocycles. The second-order valence-electron chi connectivity index (χ2n) is 6.07. The van der Waals surface area contributed by atoms with Crippen LogP contribution in [0.1, 0.15) is 49.4 Å². The van der Waals surface area contributed by atoms with Crippen molar-refractivity contribution in [3.63, 3.8) is 0 Å². The van der Waals surface area contributed by atoms with Crippen LogP contribution < -0.4 is 16.4 Å². The number of aromatic nitrogens is 1. The summed E-state index contributed by atoms with van der Waals surface area (Å²) in [6, 6.07) is 0.338. The molecule has 1 aromatic heterocycles. The summed E-state index contributed by atoms with van der Waals surface area (Å²) < 4.78 is 4.13. The Hall–Kier alpha value is -1.30. The minimum absolute atomic E-state index is 0.0827. The lowest BCUT2D eigenvalue weighted by molar-refractivity contribution is 0.0953. The van der Waals surface area contributed by atoms with Crippen LogP contribution in [0.15, 0.2) is 0 Å². The highest BCUT2D eigenvalue weighted by molar-refractivity contribution is 7.11. The Balaban J connectivity index is 1.64. The highest BCUT2D eigenvalue weighted by Crippen LogP contribution is 2.33. The number of nitrogen functional groups attached to an aromatic ring is 1. The van der Waals surface area contributed by atoms with Crippen LogP contribution in [0.2, 0.25) is 0 Å². The summed E-state index contributed by atoms with van der Waals surface area (Å²) in [6.07, 6.45) is 6.04. The lowest BCUT2D eigenvalue weighted by atomic mass is 9.98. The van der Waals surface area contributed by atoms with Gasteiger partial charge in [0.15, 0.2) is 5.82 Å². The summed E-state index contributed by atoms with van der Waals surface area (Å²) >= 11 is 1.29. The molecule has 0 aliphatic heterocycles. The van der Waals surface area contributed by atoms with Crippen molar-refractivity contribution in [3.8, 4) is 0 Å². The molecule has 0 saturated heterocycles. The minimum Gasteiger partial charge on any atom is -0.382 e. The zero-order valence-electron chi connectivity index (χ0n) is 11.8. The molecule has 1 heterocycles. The Morgan fingerprint density at radius 2 is 2.20 bits per heavy atom. The van der Waals surface area contributed by atoms with Gasteiger partial charge in [-0.05, 0) is 42.6 Å². The van der Waals surface area contributed by atoms with Crippen molar-refractivity contribution in [2.75, 3.05) is 17.6 Å². The largest absolute Gasteiger partial charge is 0.382 e. The quantitative estimate of drug-likeness (QED) is 0.779. The van der Waals surface area contributed by atoms with Crippen LogP contribution in [-0.4, -0.2) is 22.9 Å². The first-order chi connectivity index (χ1) is 9.65. The Labute approximate surface area is 123 Å². The molecule has 0 radical (unpaired) electrons. The molecular formula is C14H22N4OS. The van der Waals surface area contributed by atoms with E-state index in [2.05, 4.69) is 21.9 Å². The van der Waals surface area contributed by atoms with Gasteiger partial charge in [-0.1, -0.05) is 19.8 Å². The van der Waals surface area contributed by atoms with E-state index in [0.717, 1.165) is 30.3 Å². The van der Waals surface area contributed by atoms with E-state index in [1.54, 1.807) is 0 Å². The van der Waals surface area contributed by atoms with Crippen molar-refractivity contribution < 1.29 is 4.79 Å². The zero-order chi connectivity index (χ0) is 14.1. The van der Waals surface area contributed by atoms with E-state index in [1.807, 2.05) is 0 Å². The summed E-state index contributed by atoms with van der Waals surface area (Å²) in [7, 11) is 0. The molecule has 2 saturated carbocycles. The molecule has 2 unspecified atom stereocenters. The van der Waals surface area contributed by atoms with Gasteiger partial charge in [-0.2, -0.15) is 4.37 Å². The second kappa shape index (κ2) is 5.60. The summed E-state index contributed by atoms with van der Waals surface area (Å²) in [5.74, 6) is 1.71. The fourth-order valence-electron chi connectivity index (χ4n) is 2.88. The normalized spacial score (nSPS) is 25.6. The standard InChI is InChI=1S/C14H22N4OS/c1-8-3-2-4-9(8)7-16-14-11(12(15)18-20-14)13(19)17-10-5-6-10/h8-10,16H,2-7H2,1H3,(H2,15,18)(H,17,19). The van der Waals surface area contributed by atoms with E-state index in [-0.39, 0.29) is 5.91 Å². The molecule has 5 nitrogen and oxygen atoms in total. The fourth-order valence-corrected chi connectivity index (χ4v) is 3.59. The van der Waals surface area contributed by atoms with Crippen molar-refractivity contribution in [3.05, 3.63) is 5.56 Å². The third-order valence-electron chi connectivity index (χ3n) is 4.42. The lowest BCUT2D eigenvalue weighted by Gasteiger charge is -2.16. The van der Waals surface area contributed by atoms with Crippen LogP contribution in [0.3, 0.4) is 0 Å². The average Bonchev–Trinajstić information content (AvgIpc) is 3.00. The molecule has 2 atom stereocenters. The lowest BCUT2D eigenvalue weighted by Crippen LogP contribution is -2.27. The highest BCUT2D eigenvalue weighted by atomic mass is 32.1. The first kappa shape index (κ1) is 13.7. The van der Waals surface area contributed by atoms with Crippen LogP contribution >= 0.6 is 11.5 Å². The Morgan fingerprint density at radius 3 is 2.85 bits per heavy atom. The number of rotatable bonds is 5. The third kappa shape index (κ3) is 2.90. The van der Waals surface area contributed by atoms with E-state index in [4.69, 9.17) is 5.73 Å². The van der Waals surface area contributed by atoms with Gasteiger partial charge in [0.1, 0.15) is 10.6 Å². The molecule has 4 N–H and O–H groups in total. The molecule has 20 heavy (non-hydrogen) atoms. The molecule has 0 aromatic carbocycles. The van der Waals surface area contributed by atoms with Gasteiger partial charge in [0.25, 0.3) is 5.91 Å². The monoisotopic (exact) mass is 294 g/mol. The van der Waals surface area contributed by atoms with Gasteiger partial charge in [0.2, 0.25) is 0 Å². The molecule has 6 heteroatoms. The van der Waals surface area contributed by atoms with Crippen LogP contribution in [0.5, 0.6) is 0 Å². The van der Waals surface area contributed by atoms with Gasteiger partial charge < -0.3 is 16.4 Å². The summed E-state index contributed by atoms with van der Waals surface area (Å²) in [6.45, 7) is 3.22. The van der Waals surface area contributed by atoms with Gasteiger partial charge in [-0.25, -0.2) is 0 Å². The first-order valence-electron chi connectivity index (χ1n) is 7.45. The number of carbonyl (C=O) groups is 1. The highest BCUT2D eigenvalue weighted by Gasteiger charge is 2.28. The van der Waals surface area contributed by atoms with Crippen molar-refractivity contribution in [2.45, 2.75) is 45.1 Å². The molecule has 1 aromatic rings. The number of carbonyl (C=O) groups excluding carboxylic acids is 1. The number of nitrogens with one attached hydrogen (secondary N) is 2. The molecule has 0 spiro atoms. The Bertz CT molecular complexity index is 497. The Kier molecular flexibility index (Phi) is 3.83. The van der Waals surface area contributed by atoms with Gasteiger partial charge in [-0.15, -0.1) is 0 Å². The van der Waals surface area contributed by atoms with E-state index >= 15 is 0 Å². The van der Waals surface area contributed by atoms with E-state index in [9.17, 15) is 4.79 Å². The fraction of sp³-hybridized carbons (Fsp3) is 0.714. The first-order valence-corrected chi connectivity index (χ1v) is 8.22. The van der Waals surface area contributed by atoms with Crippen molar-refractivity contribution in [1.82, 2.24) is 9.69 Å². The number of amides is 1. The topological polar surface area (TPSA) is 80.0 Å². The molecule has 1 amide bonds. The third-order valence-corrected chi connectivity index (χ3v) is 5.24. The number of nitrogens with zero attached hydrogens (tertiary/aromatic N) is 1. The smallest absolute Gasteiger partial charge is 0.258 e. The Morgan fingerprint density at radius 1 is 1.40 bits per heavy atom. The minimum atomic E-state index is -0.0827. The number of hydrogen-bond acceptors (Lipinski definition) is 5. The van der Waals surface area contributed by atoms with Gasteiger partial charge in [-0.3, -0.25) is 4.79 Å². The zero-order valence-corrected chi connectivity index (χ0v) is 12.6.